The number of ether oxygens (including phenoxy) is 1. The van der Waals surface area contributed by atoms with Crippen LogP contribution in [0.2, 0.25) is 5.02 Å². The summed E-state index contributed by atoms with van der Waals surface area (Å²) in [7, 11) is -2.23. The lowest BCUT2D eigenvalue weighted by atomic mass is 10.0. The molecule has 166 valence electrons. The molecule has 1 aliphatic rings. The highest BCUT2D eigenvalue weighted by atomic mass is 35.5. The highest BCUT2D eigenvalue weighted by Crippen LogP contribution is 2.36. The van der Waals surface area contributed by atoms with Crippen LogP contribution in [-0.2, 0) is 11.0 Å². The average Bonchev–Trinajstić information content (AvgIpc) is 2.75. The largest absolute Gasteiger partial charge is 0.505 e. The molecule has 0 saturated carbocycles. The van der Waals surface area contributed by atoms with Gasteiger partial charge in [0.05, 0.1) is 16.8 Å². The number of phenols is 1. The average molecular weight is 479 g/mol. The fraction of sp³-hybridized carbons (Fsp3) is 0.136. The van der Waals surface area contributed by atoms with E-state index in [1.54, 1.807) is 31.2 Å². The monoisotopic (exact) mass is 478 g/mol. The molecular formula is C22H17ClF2N2O4S. The highest BCUT2D eigenvalue weighted by molar-refractivity contribution is 7.86. The van der Waals surface area contributed by atoms with Crippen LogP contribution >= 0.6 is 11.6 Å². The van der Waals surface area contributed by atoms with Crippen LogP contribution in [0.5, 0.6) is 11.5 Å². The Kier molecular flexibility index (Phi) is 6.03. The number of fused-ring (bicyclic) bond motifs is 6. The molecule has 1 heterocycles. The Hall–Kier alpha value is -3.17. The number of amides is 1. The zero-order valence-electron chi connectivity index (χ0n) is 16.6. The molecule has 0 radical (unpaired) electrons. The van der Waals surface area contributed by atoms with Crippen molar-refractivity contribution >= 4 is 34.2 Å². The zero-order valence-corrected chi connectivity index (χ0v) is 18.2. The predicted molar refractivity (Wildman–Crippen MR) is 117 cm³/mol. The summed E-state index contributed by atoms with van der Waals surface area (Å²) in [6.45, 7) is 1.76. The van der Waals surface area contributed by atoms with Crippen molar-refractivity contribution in [3.8, 4) is 22.6 Å². The Morgan fingerprint density at radius 3 is 2.66 bits per heavy atom. The molecule has 0 fully saturated rings. The number of nitrogens with one attached hydrogen (secondary N) is 2. The number of para-hydroxylation sites is 1. The van der Waals surface area contributed by atoms with Crippen molar-refractivity contribution in [2.45, 2.75) is 17.9 Å². The van der Waals surface area contributed by atoms with Gasteiger partial charge in [0.25, 0.3) is 5.91 Å². The number of carbonyl (C=O) groups excluding carboxylic acids is 1. The maximum Gasteiger partial charge on any atom is 0.251 e. The number of carbonyl (C=O) groups is 1. The fourth-order valence-electron chi connectivity index (χ4n) is 3.21. The minimum absolute atomic E-state index is 0.0177. The van der Waals surface area contributed by atoms with Crippen molar-refractivity contribution in [3.05, 3.63) is 70.8 Å². The van der Waals surface area contributed by atoms with Gasteiger partial charge in [0.2, 0.25) is 0 Å². The van der Waals surface area contributed by atoms with Crippen molar-refractivity contribution in [1.82, 2.24) is 5.32 Å². The quantitative estimate of drug-likeness (QED) is 0.439. The van der Waals surface area contributed by atoms with Crippen LogP contribution in [0.15, 0.2) is 53.4 Å². The lowest BCUT2D eigenvalue weighted by Gasteiger charge is -2.17. The van der Waals surface area contributed by atoms with Gasteiger partial charge in [-0.05, 0) is 31.2 Å². The minimum Gasteiger partial charge on any atom is -0.505 e. The molecule has 10 heteroatoms. The van der Waals surface area contributed by atoms with Crippen molar-refractivity contribution in [2.24, 2.45) is 0 Å². The molecule has 0 saturated heterocycles. The number of rotatable bonds is 0. The summed E-state index contributed by atoms with van der Waals surface area (Å²) in [6.07, 6.45) is 0. The number of hydrogen-bond donors (Lipinski definition) is 3. The minimum atomic E-state index is -2.23. The summed E-state index contributed by atoms with van der Waals surface area (Å²) in [5.74, 6) is -2.57. The van der Waals surface area contributed by atoms with Crippen LogP contribution in [0.1, 0.15) is 17.3 Å². The normalized spacial score (nSPS) is 18.3. The van der Waals surface area contributed by atoms with Gasteiger partial charge in [0, 0.05) is 22.8 Å². The van der Waals surface area contributed by atoms with Crippen molar-refractivity contribution in [3.63, 3.8) is 0 Å². The van der Waals surface area contributed by atoms with E-state index in [0.717, 1.165) is 0 Å². The standard InChI is InChI=1S/C22H17ClF2N2O4S/c1-11-10-31-19-5-3-2-4-13(19)14-8-18(17(25)9-16(14)24)27-32(30)20-7-12(22(29)26-11)6-15(23)21(20)28/h2-9,11,27-28H,10H2,1H3,(H,26,29)/t11-,32?/m1/s1. The first-order valence-electron chi connectivity index (χ1n) is 9.47. The molecule has 3 aromatic carbocycles. The van der Waals surface area contributed by atoms with Crippen LogP contribution in [0.3, 0.4) is 0 Å². The van der Waals surface area contributed by atoms with Gasteiger partial charge in [0.1, 0.15) is 28.9 Å². The molecule has 1 aliphatic heterocycles. The first-order chi connectivity index (χ1) is 15.2. The Morgan fingerprint density at radius 1 is 1.12 bits per heavy atom. The maximum atomic E-state index is 14.7. The Bertz CT molecular complexity index is 1250. The number of anilines is 1. The van der Waals surface area contributed by atoms with Crippen LogP contribution in [0.25, 0.3) is 11.1 Å². The van der Waals surface area contributed by atoms with E-state index in [9.17, 15) is 22.9 Å². The first kappa shape index (κ1) is 22.0. The second-order valence-electron chi connectivity index (χ2n) is 7.17. The Labute approximate surface area is 189 Å². The van der Waals surface area contributed by atoms with Gasteiger partial charge >= 0.3 is 0 Å². The van der Waals surface area contributed by atoms with Gasteiger partial charge in [-0.3, -0.25) is 9.52 Å². The van der Waals surface area contributed by atoms with Gasteiger partial charge in [-0.15, -0.1) is 0 Å². The fourth-order valence-corrected chi connectivity index (χ4v) is 4.47. The summed E-state index contributed by atoms with van der Waals surface area (Å²) >= 11 is 6.02. The van der Waals surface area contributed by atoms with Gasteiger partial charge < -0.3 is 15.2 Å². The molecule has 3 N–H and O–H groups in total. The van der Waals surface area contributed by atoms with Crippen molar-refractivity contribution < 1.29 is 27.6 Å². The smallest absolute Gasteiger partial charge is 0.251 e. The van der Waals surface area contributed by atoms with E-state index in [-0.39, 0.29) is 33.3 Å². The summed E-state index contributed by atoms with van der Waals surface area (Å²) < 4.78 is 50.3. The highest BCUT2D eigenvalue weighted by Gasteiger charge is 2.22. The van der Waals surface area contributed by atoms with E-state index in [1.807, 2.05) is 0 Å². The summed E-state index contributed by atoms with van der Waals surface area (Å²) in [6, 6.07) is 10.4. The van der Waals surface area contributed by atoms with Crippen LogP contribution in [-0.4, -0.2) is 27.9 Å². The number of halogens is 3. The third-order valence-electron chi connectivity index (χ3n) is 4.79. The SMILES string of the molecule is C[C@@H]1COc2ccccc2-c2cc(c(F)cc2F)NS(=O)c2cc(cc(Cl)c2O)C(=O)N1. The first-order valence-corrected chi connectivity index (χ1v) is 11.0. The van der Waals surface area contributed by atoms with E-state index in [4.69, 9.17) is 16.3 Å². The third-order valence-corrected chi connectivity index (χ3v) is 6.20. The Morgan fingerprint density at radius 2 is 1.88 bits per heavy atom. The molecule has 0 aromatic heterocycles. The number of phenolic OH excluding ortho intramolecular Hbond substituents is 1. The molecule has 3 aromatic rings. The Balaban J connectivity index is 1.90. The van der Waals surface area contributed by atoms with Crippen molar-refractivity contribution in [2.75, 3.05) is 11.3 Å². The van der Waals surface area contributed by atoms with E-state index in [1.165, 1.54) is 18.2 Å². The molecule has 4 rings (SSSR count). The lowest BCUT2D eigenvalue weighted by molar-refractivity contribution is 0.0926. The third kappa shape index (κ3) is 4.26. The number of benzene rings is 3. The molecule has 1 amide bonds. The van der Waals surface area contributed by atoms with Crippen LogP contribution in [0.4, 0.5) is 14.5 Å². The zero-order chi connectivity index (χ0) is 23.0. The molecule has 32 heavy (non-hydrogen) atoms. The second-order valence-corrected chi connectivity index (χ2v) is 8.76. The topological polar surface area (TPSA) is 87.7 Å². The van der Waals surface area contributed by atoms with E-state index < -0.39 is 40.3 Å². The molecule has 4 bridgehead atoms. The molecule has 6 nitrogen and oxygen atoms in total. The summed E-state index contributed by atoms with van der Waals surface area (Å²) in [5.41, 5.74) is 0.131. The predicted octanol–water partition coefficient (Wildman–Crippen LogP) is 4.64. The van der Waals surface area contributed by atoms with E-state index in [0.29, 0.717) is 17.4 Å². The summed E-state index contributed by atoms with van der Waals surface area (Å²) in [5, 5.41) is 12.8. The van der Waals surface area contributed by atoms with E-state index in [2.05, 4.69) is 10.0 Å². The molecule has 1 unspecified atom stereocenters. The van der Waals surface area contributed by atoms with Gasteiger partial charge in [-0.1, -0.05) is 29.8 Å². The van der Waals surface area contributed by atoms with Crippen LogP contribution < -0.4 is 14.8 Å². The maximum absolute atomic E-state index is 14.7. The molecule has 0 spiro atoms. The second kappa shape index (κ2) is 8.76. The molecular weight excluding hydrogens is 462 g/mol. The van der Waals surface area contributed by atoms with E-state index >= 15 is 0 Å². The number of aromatic hydroxyl groups is 1. The van der Waals surface area contributed by atoms with Gasteiger partial charge in [-0.2, -0.15) is 0 Å². The van der Waals surface area contributed by atoms with Gasteiger partial charge in [-0.25, -0.2) is 13.0 Å². The van der Waals surface area contributed by atoms with Crippen molar-refractivity contribution in [1.29, 1.82) is 0 Å². The lowest BCUT2D eigenvalue weighted by Crippen LogP contribution is -2.36. The molecule has 2 atom stereocenters. The molecule has 0 aliphatic carbocycles. The number of hydrogen-bond acceptors (Lipinski definition) is 4. The van der Waals surface area contributed by atoms with Gasteiger partial charge in [0.15, 0.2) is 16.7 Å². The van der Waals surface area contributed by atoms with Crippen LogP contribution in [0, 0.1) is 11.6 Å². The summed E-state index contributed by atoms with van der Waals surface area (Å²) in [4.78, 5) is 12.4.